The Bertz CT molecular complexity index is 1720. The van der Waals surface area contributed by atoms with Crippen LogP contribution in [-0.4, -0.2) is 42.3 Å². The molecule has 15 heteroatoms. The number of imidazole rings is 1. The number of halogens is 6. The van der Waals surface area contributed by atoms with E-state index in [4.69, 9.17) is 5.73 Å². The average molecular weight is 560 g/mol. The van der Waals surface area contributed by atoms with Crippen molar-refractivity contribution in [1.29, 1.82) is 5.26 Å². The molecule has 1 aromatic carbocycles. The smallest absolute Gasteiger partial charge is 0.383 e. The van der Waals surface area contributed by atoms with E-state index in [9.17, 15) is 36.4 Å². The van der Waals surface area contributed by atoms with E-state index in [1.807, 2.05) is 6.07 Å². The van der Waals surface area contributed by atoms with E-state index in [0.717, 1.165) is 0 Å². The number of rotatable bonds is 5. The van der Waals surface area contributed by atoms with Crippen LogP contribution in [0.3, 0.4) is 0 Å². The van der Waals surface area contributed by atoms with E-state index in [1.54, 1.807) is 6.92 Å². The van der Waals surface area contributed by atoms with Crippen LogP contribution in [0.1, 0.15) is 41.6 Å². The fourth-order valence-electron chi connectivity index (χ4n) is 4.63. The van der Waals surface area contributed by atoms with Crippen molar-refractivity contribution in [2.24, 2.45) is 0 Å². The van der Waals surface area contributed by atoms with Gasteiger partial charge in [-0.15, -0.1) is 0 Å². The lowest BCUT2D eigenvalue weighted by atomic mass is 9.78. The predicted octanol–water partition coefficient (Wildman–Crippen LogP) is 4.48. The van der Waals surface area contributed by atoms with Crippen LogP contribution < -0.4 is 11.1 Å². The minimum atomic E-state index is -5.77. The molecular formula is C25H18F6N8O. The van der Waals surface area contributed by atoms with Crippen molar-refractivity contribution in [3.05, 3.63) is 64.5 Å². The average Bonchev–Trinajstić information content (AvgIpc) is 3.34. The molecule has 1 atom stereocenters. The number of hydrogen-bond acceptors (Lipinski definition) is 7. The molecule has 206 valence electrons. The van der Waals surface area contributed by atoms with Crippen LogP contribution in [0.15, 0.2) is 30.5 Å². The molecule has 0 radical (unpaired) electrons. The first kappa shape index (κ1) is 26.9. The molecule has 1 unspecified atom stereocenters. The van der Waals surface area contributed by atoms with Crippen molar-refractivity contribution in [1.82, 2.24) is 24.3 Å². The highest BCUT2D eigenvalue weighted by molar-refractivity contribution is 6.09. The van der Waals surface area contributed by atoms with Gasteiger partial charge in [-0.2, -0.15) is 27.2 Å². The third kappa shape index (κ3) is 4.07. The Morgan fingerprint density at radius 1 is 1.10 bits per heavy atom. The molecule has 40 heavy (non-hydrogen) atoms. The van der Waals surface area contributed by atoms with Gasteiger partial charge in [-0.05, 0) is 38.0 Å². The van der Waals surface area contributed by atoms with E-state index in [-0.39, 0.29) is 51.4 Å². The maximum absolute atomic E-state index is 13.7. The van der Waals surface area contributed by atoms with Crippen molar-refractivity contribution in [3.8, 4) is 17.6 Å². The van der Waals surface area contributed by atoms with Gasteiger partial charge in [-0.1, -0.05) is 12.1 Å². The Hall–Kier alpha value is -4.74. The SMILES string of the molecule is Cc1nc2c(CCC(F)(F)C(F)(F)F)nc(-c3nc(N)c4c(n3)NC(=O)C4(C)c3ccc(F)cc3)cn2c1C#N. The third-order valence-electron chi connectivity index (χ3n) is 6.82. The Morgan fingerprint density at radius 3 is 2.40 bits per heavy atom. The summed E-state index contributed by atoms with van der Waals surface area (Å²) >= 11 is 0. The van der Waals surface area contributed by atoms with Gasteiger partial charge in [-0.3, -0.25) is 9.20 Å². The van der Waals surface area contributed by atoms with Crippen LogP contribution in [0.2, 0.25) is 0 Å². The summed E-state index contributed by atoms with van der Waals surface area (Å²) in [5.41, 5.74) is 5.21. The number of benzene rings is 1. The van der Waals surface area contributed by atoms with Gasteiger partial charge in [0.15, 0.2) is 11.5 Å². The van der Waals surface area contributed by atoms with E-state index in [1.165, 1.54) is 41.8 Å². The van der Waals surface area contributed by atoms with Crippen molar-refractivity contribution in [3.63, 3.8) is 0 Å². The molecule has 1 amide bonds. The van der Waals surface area contributed by atoms with Gasteiger partial charge in [0.1, 0.15) is 40.3 Å². The number of aryl methyl sites for hydroxylation is 2. The standard InChI is InChI=1S/C25H18F6N8O/c1-11-16(9-32)39-10-15(35-14(21(39)34-11)7-8-24(27,28)25(29,30)31)19-36-18(33)17-20(37-19)38-22(40)23(17,2)12-3-5-13(26)6-4-12/h3-6,10H,7-8H2,1-2H3,(H3,33,36,37,38,40). The van der Waals surface area contributed by atoms with Crippen molar-refractivity contribution >= 4 is 23.2 Å². The van der Waals surface area contributed by atoms with E-state index in [2.05, 4.69) is 25.3 Å². The minimum Gasteiger partial charge on any atom is -0.383 e. The molecule has 1 aliphatic rings. The quantitative estimate of drug-likeness (QED) is 0.344. The van der Waals surface area contributed by atoms with Crippen LogP contribution in [0.5, 0.6) is 0 Å². The molecule has 0 saturated heterocycles. The number of carbonyl (C=O) groups is 1. The van der Waals surface area contributed by atoms with Crippen LogP contribution in [0.4, 0.5) is 38.0 Å². The van der Waals surface area contributed by atoms with Crippen LogP contribution in [-0.2, 0) is 16.6 Å². The predicted molar refractivity (Wildman–Crippen MR) is 129 cm³/mol. The van der Waals surface area contributed by atoms with Crippen molar-refractivity contribution < 1.29 is 31.1 Å². The molecule has 3 N–H and O–H groups in total. The number of amides is 1. The van der Waals surface area contributed by atoms with Gasteiger partial charge in [0.2, 0.25) is 5.91 Å². The first-order valence-electron chi connectivity index (χ1n) is 11.7. The van der Waals surface area contributed by atoms with Gasteiger partial charge in [0.25, 0.3) is 0 Å². The highest BCUT2D eigenvalue weighted by atomic mass is 19.4. The number of hydrogen-bond donors (Lipinski definition) is 2. The first-order valence-corrected chi connectivity index (χ1v) is 11.7. The fraction of sp³-hybridized carbons (Fsp3) is 0.280. The maximum atomic E-state index is 13.7. The number of nitriles is 1. The molecule has 4 aromatic rings. The second-order valence-electron chi connectivity index (χ2n) is 9.37. The second kappa shape index (κ2) is 8.90. The lowest BCUT2D eigenvalue weighted by molar-refractivity contribution is -0.284. The minimum absolute atomic E-state index is 0.00574. The maximum Gasteiger partial charge on any atom is 0.453 e. The number of nitrogens with two attached hydrogens (primary N) is 1. The number of nitrogen functional groups attached to an aromatic ring is 1. The summed E-state index contributed by atoms with van der Waals surface area (Å²) in [5, 5.41) is 12.2. The summed E-state index contributed by atoms with van der Waals surface area (Å²) in [6.45, 7) is 3.02. The molecule has 1 aliphatic heterocycles. The topological polar surface area (TPSA) is 135 Å². The molecule has 4 heterocycles. The summed E-state index contributed by atoms with van der Waals surface area (Å²) < 4.78 is 80.6. The Morgan fingerprint density at radius 2 is 1.77 bits per heavy atom. The van der Waals surface area contributed by atoms with Crippen molar-refractivity contribution in [2.45, 2.75) is 44.2 Å². The van der Waals surface area contributed by atoms with Crippen LogP contribution in [0, 0.1) is 24.1 Å². The Balaban J connectivity index is 1.64. The van der Waals surface area contributed by atoms with Gasteiger partial charge in [-0.25, -0.2) is 24.3 Å². The number of carbonyl (C=O) groups excluding carboxylic acids is 1. The fourth-order valence-corrected chi connectivity index (χ4v) is 4.63. The molecule has 0 spiro atoms. The summed E-state index contributed by atoms with van der Waals surface area (Å²) in [6, 6.07) is 7.10. The van der Waals surface area contributed by atoms with Gasteiger partial charge >= 0.3 is 12.1 Å². The summed E-state index contributed by atoms with van der Waals surface area (Å²) in [4.78, 5) is 30.0. The lowest BCUT2D eigenvalue weighted by Gasteiger charge is -2.23. The van der Waals surface area contributed by atoms with E-state index < -0.39 is 42.1 Å². The summed E-state index contributed by atoms with van der Waals surface area (Å²) in [7, 11) is 0. The summed E-state index contributed by atoms with van der Waals surface area (Å²) in [6.07, 6.45) is -6.95. The molecule has 5 rings (SSSR count). The molecule has 9 nitrogen and oxygen atoms in total. The highest BCUT2D eigenvalue weighted by Crippen LogP contribution is 2.45. The number of aromatic nitrogens is 5. The third-order valence-corrected chi connectivity index (χ3v) is 6.82. The molecule has 0 bridgehead atoms. The lowest BCUT2D eigenvalue weighted by Crippen LogP contribution is -2.36. The van der Waals surface area contributed by atoms with Crippen LogP contribution >= 0.6 is 0 Å². The van der Waals surface area contributed by atoms with E-state index >= 15 is 0 Å². The molecule has 0 fully saturated rings. The van der Waals surface area contributed by atoms with Gasteiger partial charge < -0.3 is 11.1 Å². The Kier molecular flexibility index (Phi) is 5.97. The molecule has 3 aromatic heterocycles. The van der Waals surface area contributed by atoms with Gasteiger partial charge in [0, 0.05) is 12.6 Å². The summed E-state index contributed by atoms with van der Waals surface area (Å²) in [5.74, 6) is -6.37. The zero-order valence-electron chi connectivity index (χ0n) is 20.7. The number of nitrogens with one attached hydrogen (secondary N) is 1. The number of nitrogens with zero attached hydrogens (tertiary/aromatic N) is 6. The molecule has 0 aliphatic carbocycles. The monoisotopic (exact) mass is 560 g/mol. The van der Waals surface area contributed by atoms with Gasteiger partial charge in [0.05, 0.1) is 17.0 Å². The first-order chi connectivity index (χ1) is 18.7. The zero-order valence-corrected chi connectivity index (χ0v) is 20.7. The normalized spacial score (nSPS) is 17.1. The number of anilines is 2. The number of fused-ring (bicyclic) bond motifs is 2. The largest absolute Gasteiger partial charge is 0.453 e. The highest BCUT2D eigenvalue weighted by Gasteiger charge is 2.56. The van der Waals surface area contributed by atoms with Crippen LogP contribution in [0.25, 0.3) is 17.2 Å². The zero-order chi connectivity index (χ0) is 29.2. The molecular weight excluding hydrogens is 542 g/mol. The van der Waals surface area contributed by atoms with Crippen molar-refractivity contribution in [2.75, 3.05) is 11.1 Å². The molecule has 0 saturated carbocycles. The number of alkyl halides is 5. The Labute approximate surface area is 221 Å². The second-order valence-corrected chi connectivity index (χ2v) is 9.37. The van der Waals surface area contributed by atoms with E-state index in [0.29, 0.717) is 5.56 Å².